The number of hydrogen-bond donors (Lipinski definition) is 4. The number of nitrogens with one attached hydrogen (secondary N) is 3. The van der Waals surface area contributed by atoms with E-state index < -0.39 is 5.91 Å². The third-order valence-electron chi connectivity index (χ3n) is 6.15. The minimum absolute atomic E-state index is 0.103. The summed E-state index contributed by atoms with van der Waals surface area (Å²) in [6.07, 6.45) is 4.59. The van der Waals surface area contributed by atoms with Gasteiger partial charge in [-0.25, -0.2) is 5.43 Å². The largest absolute Gasteiger partial charge is 0.371 e. The van der Waals surface area contributed by atoms with Crippen LogP contribution in [0.1, 0.15) is 60.1 Å². The van der Waals surface area contributed by atoms with Crippen molar-refractivity contribution >= 4 is 11.8 Å². The van der Waals surface area contributed by atoms with Gasteiger partial charge in [-0.1, -0.05) is 55.3 Å². The number of amides is 2. The molecule has 0 spiro atoms. The summed E-state index contributed by atoms with van der Waals surface area (Å²) in [5.41, 5.74) is 12.5. The molecule has 0 radical (unpaired) electrons. The van der Waals surface area contributed by atoms with Crippen LogP contribution in [0.5, 0.6) is 0 Å². The molecule has 168 valence electrons. The third kappa shape index (κ3) is 4.62. The molecule has 7 heteroatoms. The van der Waals surface area contributed by atoms with Gasteiger partial charge in [-0.15, -0.1) is 0 Å². The van der Waals surface area contributed by atoms with Crippen LogP contribution in [0.3, 0.4) is 0 Å². The van der Waals surface area contributed by atoms with Crippen LogP contribution in [0.4, 0.5) is 0 Å². The monoisotopic (exact) mass is 433 g/mol. The first-order valence-electron chi connectivity index (χ1n) is 11.3. The lowest BCUT2D eigenvalue weighted by atomic mass is 9.98. The highest BCUT2D eigenvalue weighted by Crippen LogP contribution is 2.35. The predicted molar refractivity (Wildman–Crippen MR) is 124 cm³/mol. The first-order chi connectivity index (χ1) is 15.6. The highest BCUT2D eigenvalue weighted by atomic mass is 16.2. The molecule has 7 nitrogen and oxygen atoms in total. The zero-order valence-corrected chi connectivity index (χ0v) is 18.4. The second kappa shape index (κ2) is 9.87. The summed E-state index contributed by atoms with van der Waals surface area (Å²) in [5, 5.41) is 8.42. The Bertz CT molecular complexity index is 981. The van der Waals surface area contributed by atoms with Crippen molar-refractivity contribution in [2.45, 2.75) is 51.2 Å². The number of nitrogens with zero attached hydrogens (tertiary/aromatic N) is 1. The highest BCUT2D eigenvalue weighted by molar-refractivity contribution is 5.95. The highest BCUT2D eigenvalue weighted by Gasteiger charge is 2.39. The van der Waals surface area contributed by atoms with E-state index in [0.29, 0.717) is 30.3 Å². The summed E-state index contributed by atoms with van der Waals surface area (Å²) in [6.45, 7) is 3.16. The van der Waals surface area contributed by atoms with Crippen molar-refractivity contribution < 1.29 is 9.59 Å². The Hall–Kier alpha value is -3.32. The van der Waals surface area contributed by atoms with E-state index in [0.717, 1.165) is 29.8 Å². The van der Waals surface area contributed by atoms with Gasteiger partial charge in [-0.2, -0.15) is 0 Å². The number of rotatable bonds is 8. The number of benzene rings is 2. The Labute approximate surface area is 189 Å². The molecule has 1 aliphatic heterocycles. The fraction of sp³-hybridized carbons (Fsp3) is 0.360. The molecule has 32 heavy (non-hydrogen) atoms. The van der Waals surface area contributed by atoms with Crippen LogP contribution in [-0.4, -0.2) is 29.4 Å². The van der Waals surface area contributed by atoms with Crippen molar-refractivity contribution in [1.82, 2.24) is 21.1 Å². The van der Waals surface area contributed by atoms with Gasteiger partial charge < -0.3 is 16.4 Å². The van der Waals surface area contributed by atoms with E-state index in [1.165, 1.54) is 12.8 Å². The van der Waals surface area contributed by atoms with Crippen molar-refractivity contribution in [2.75, 3.05) is 6.54 Å². The van der Waals surface area contributed by atoms with Crippen LogP contribution < -0.4 is 21.8 Å². The Morgan fingerprint density at radius 2 is 1.75 bits per heavy atom. The van der Waals surface area contributed by atoms with Crippen molar-refractivity contribution in [3.05, 3.63) is 82.7 Å². The lowest BCUT2D eigenvalue weighted by molar-refractivity contribution is -0.114. The molecule has 1 heterocycles. The van der Waals surface area contributed by atoms with Crippen LogP contribution in [-0.2, 0) is 11.3 Å². The summed E-state index contributed by atoms with van der Waals surface area (Å²) >= 11 is 0. The summed E-state index contributed by atoms with van der Waals surface area (Å²) in [6, 6.07) is 17.2. The Morgan fingerprint density at radius 3 is 2.38 bits per heavy atom. The van der Waals surface area contributed by atoms with E-state index in [1.54, 1.807) is 12.1 Å². The molecule has 2 aromatic rings. The molecular weight excluding hydrogens is 402 g/mol. The number of carbonyl (C=O) groups excluding carboxylic acids is 2. The number of hydrogen-bond acceptors (Lipinski definition) is 5. The van der Waals surface area contributed by atoms with Crippen LogP contribution in [0.15, 0.2) is 66.0 Å². The molecule has 0 bridgehead atoms. The molecule has 0 saturated heterocycles. The molecule has 1 unspecified atom stereocenters. The van der Waals surface area contributed by atoms with Crippen molar-refractivity contribution in [1.29, 1.82) is 0 Å². The van der Waals surface area contributed by atoms with Gasteiger partial charge in [0.2, 0.25) is 5.91 Å². The SMILES string of the molecule is CCNC1=C(C(N)=O)C(c2ccc(CNC(=O)c3ccccc3)cc2)NN1C1CCCC1. The van der Waals surface area contributed by atoms with E-state index >= 15 is 0 Å². The molecule has 2 aliphatic rings. The number of carbonyl (C=O) groups is 2. The molecule has 4 rings (SSSR count). The molecule has 1 saturated carbocycles. The van der Waals surface area contributed by atoms with Gasteiger partial charge in [-0.3, -0.25) is 14.6 Å². The van der Waals surface area contributed by atoms with E-state index in [1.807, 2.05) is 49.4 Å². The summed E-state index contributed by atoms with van der Waals surface area (Å²) in [7, 11) is 0. The smallest absolute Gasteiger partial charge is 0.251 e. The fourth-order valence-corrected chi connectivity index (χ4v) is 4.53. The van der Waals surface area contributed by atoms with E-state index in [-0.39, 0.29) is 11.9 Å². The zero-order valence-electron chi connectivity index (χ0n) is 18.4. The maximum atomic E-state index is 12.4. The molecule has 2 aromatic carbocycles. The normalized spacial score (nSPS) is 18.8. The number of primary amides is 1. The second-order valence-corrected chi connectivity index (χ2v) is 8.32. The third-order valence-corrected chi connectivity index (χ3v) is 6.15. The van der Waals surface area contributed by atoms with Gasteiger partial charge in [-0.05, 0) is 43.0 Å². The molecule has 2 amide bonds. The topological polar surface area (TPSA) is 99.5 Å². The van der Waals surface area contributed by atoms with Crippen LogP contribution in [0.25, 0.3) is 0 Å². The minimum atomic E-state index is -0.418. The number of hydrazine groups is 1. The number of nitrogens with two attached hydrogens (primary N) is 1. The van der Waals surface area contributed by atoms with Crippen molar-refractivity contribution in [3.63, 3.8) is 0 Å². The first kappa shape index (κ1) is 21.9. The van der Waals surface area contributed by atoms with E-state index in [4.69, 9.17) is 5.73 Å². The molecule has 1 atom stereocenters. The Morgan fingerprint density at radius 1 is 1.06 bits per heavy atom. The van der Waals surface area contributed by atoms with Crippen molar-refractivity contribution in [2.24, 2.45) is 5.73 Å². The average molecular weight is 434 g/mol. The Balaban J connectivity index is 1.49. The quantitative estimate of drug-likeness (QED) is 0.513. The Kier molecular flexibility index (Phi) is 6.75. The molecule has 0 aromatic heterocycles. The first-order valence-corrected chi connectivity index (χ1v) is 11.3. The second-order valence-electron chi connectivity index (χ2n) is 8.32. The van der Waals surface area contributed by atoms with Crippen LogP contribution >= 0.6 is 0 Å². The van der Waals surface area contributed by atoms with Gasteiger partial charge in [0.15, 0.2) is 0 Å². The summed E-state index contributed by atoms with van der Waals surface area (Å²) in [4.78, 5) is 24.7. The summed E-state index contributed by atoms with van der Waals surface area (Å²) < 4.78 is 0. The average Bonchev–Trinajstić information content (AvgIpc) is 3.47. The van der Waals surface area contributed by atoms with Gasteiger partial charge in [0, 0.05) is 24.7 Å². The predicted octanol–water partition coefficient (Wildman–Crippen LogP) is 2.73. The fourth-order valence-electron chi connectivity index (χ4n) is 4.53. The lowest BCUT2D eigenvalue weighted by Crippen LogP contribution is -2.43. The minimum Gasteiger partial charge on any atom is -0.371 e. The van der Waals surface area contributed by atoms with E-state index in [9.17, 15) is 9.59 Å². The lowest BCUT2D eigenvalue weighted by Gasteiger charge is -2.30. The standard InChI is InChI=1S/C25H31N5O2/c1-2-27-24-21(23(26)31)22(29-30(24)20-10-6-7-11-20)18-14-12-17(13-15-18)16-28-25(32)19-8-4-3-5-9-19/h3-5,8-9,12-15,20,22,27,29H,2,6-7,10-11,16H2,1H3,(H2,26,31)(H,28,32). The van der Waals surface area contributed by atoms with Gasteiger partial charge in [0.05, 0.1) is 11.6 Å². The van der Waals surface area contributed by atoms with Gasteiger partial charge >= 0.3 is 0 Å². The van der Waals surface area contributed by atoms with Crippen LogP contribution in [0, 0.1) is 0 Å². The van der Waals surface area contributed by atoms with Crippen LogP contribution in [0.2, 0.25) is 0 Å². The zero-order chi connectivity index (χ0) is 22.5. The molecule has 1 aliphatic carbocycles. The maximum absolute atomic E-state index is 12.4. The molecular formula is C25H31N5O2. The van der Waals surface area contributed by atoms with Crippen molar-refractivity contribution in [3.8, 4) is 0 Å². The molecule has 5 N–H and O–H groups in total. The summed E-state index contributed by atoms with van der Waals surface area (Å²) in [5.74, 6) is 0.280. The van der Waals surface area contributed by atoms with Gasteiger partial charge in [0.25, 0.3) is 5.91 Å². The maximum Gasteiger partial charge on any atom is 0.251 e. The van der Waals surface area contributed by atoms with Gasteiger partial charge in [0.1, 0.15) is 5.82 Å². The molecule has 1 fully saturated rings. The van der Waals surface area contributed by atoms with E-state index in [2.05, 4.69) is 21.1 Å².